The molecule has 2 N–H and O–H groups in total. The molecule has 3 aromatic rings. The Labute approximate surface area is 212 Å². The van der Waals surface area contributed by atoms with E-state index in [2.05, 4.69) is 20.6 Å². The number of carbonyl (C=O) groups excluding carboxylic acids is 2. The number of esters is 1. The molecular weight excluding hydrogens is 489 g/mol. The average Bonchev–Trinajstić information content (AvgIpc) is 2.82. The molecule has 1 aromatic heterocycles. The number of benzene rings is 2. The fourth-order valence-corrected chi connectivity index (χ4v) is 3.98. The number of cyclic esters (lactones) is 1. The van der Waals surface area contributed by atoms with Gasteiger partial charge < -0.3 is 20.1 Å². The third-order valence-corrected chi connectivity index (χ3v) is 5.60. The smallest absolute Gasteiger partial charge is 0.320 e. The molecule has 1 amide bonds. The fourth-order valence-electron chi connectivity index (χ4n) is 3.80. The number of amides is 1. The van der Waals surface area contributed by atoms with Crippen molar-refractivity contribution in [3.05, 3.63) is 59.7 Å². The van der Waals surface area contributed by atoms with Gasteiger partial charge in [0.2, 0.25) is 5.91 Å². The summed E-state index contributed by atoms with van der Waals surface area (Å²) in [4.78, 5) is 34.7. The maximum atomic E-state index is 13.5. The van der Waals surface area contributed by atoms with Crippen LogP contribution in [0.1, 0.15) is 13.8 Å². The van der Waals surface area contributed by atoms with Crippen LogP contribution in [0.3, 0.4) is 0 Å². The van der Waals surface area contributed by atoms with Crippen LogP contribution in [-0.4, -0.2) is 59.1 Å². The van der Waals surface area contributed by atoms with E-state index in [-0.39, 0.29) is 29.5 Å². The molecule has 1 saturated heterocycles. The van der Waals surface area contributed by atoms with E-state index < -0.39 is 5.82 Å². The number of rotatable bonds is 8. The Morgan fingerprint density at radius 3 is 2.92 bits per heavy atom. The van der Waals surface area contributed by atoms with Crippen molar-refractivity contribution in [3.8, 4) is 5.75 Å². The monoisotopic (exact) mass is 513 g/mol. The van der Waals surface area contributed by atoms with Crippen LogP contribution in [-0.2, 0) is 14.3 Å². The summed E-state index contributed by atoms with van der Waals surface area (Å²) < 4.78 is 24.4. The zero-order valence-electron chi connectivity index (χ0n) is 19.8. The minimum absolute atomic E-state index is 0.0207. The van der Waals surface area contributed by atoms with Gasteiger partial charge in [-0.15, -0.1) is 0 Å². The summed E-state index contributed by atoms with van der Waals surface area (Å²) in [5.74, 6) is -0.265. The Morgan fingerprint density at radius 1 is 1.33 bits per heavy atom. The van der Waals surface area contributed by atoms with Crippen LogP contribution in [0.2, 0.25) is 5.02 Å². The number of carbonyl (C=O) groups is 2. The second-order valence-corrected chi connectivity index (χ2v) is 8.57. The maximum Gasteiger partial charge on any atom is 0.320 e. The van der Waals surface area contributed by atoms with Crippen molar-refractivity contribution in [1.29, 1.82) is 0 Å². The van der Waals surface area contributed by atoms with E-state index in [9.17, 15) is 14.0 Å². The summed E-state index contributed by atoms with van der Waals surface area (Å²) in [6.07, 6.45) is 4.31. The quantitative estimate of drug-likeness (QED) is 0.339. The molecule has 0 saturated carbocycles. The number of nitrogens with zero attached hydrogens (tertiary/aromatic N) is 3. The summed E-state index contributed by atoms with van der Waals surface area (Å²) in [5, 5.41) is 6.54. The van der Waals surface area contributed by atoms with Crippen LogP contribution in [0.15, 0.2) is 48.8 Å². The topological polar surface area (TPSA) is 106 Å². The number of halogens is 2. The Balaban J connectivity index is 1.54. The number of hydrogen-bond acceptors (Lipinski definition) is 8. The summed E-state index contributed by atoms with van der Waals surface area (Å²) in [7, 11) is 0. The van der Waals surface area contributed by atoms with Crippen molar-refractivity contribution in [3.63, 3.8) is 0 Å². The number of nitrogens with one attached hydrogen (secondary N) is 2. The van der Waals surface area contributed by atoms with Crippen molar-refractivity contribution in [2.45, 2.75) is 20.0 Å². The highest BCUT2D eigenvalue weighted by Gasteiger charge is 2.22. The first kappa shape index (κ1) is 25.3. The zero-order valence-corrected chi connectivity index (χ0v) is 20.5. The van der Waals surface area contributed by atoms with E-state index in [1.54, 1.807) is 24.3 Å². The molecule has 1 aliphatic rings. The van der Waals surface area contributed by atoms with Crippen molar-refractivity contribution in [2.75, 3.05) is 36.9 Å². The maximum absolute atomic E-state index is 13.5. The molecule has 2 heterocycles. The molecule has 1 aliphatic heterocycles. The summed E-state index contributed by atoms with van der Waals surface area (Å²) in [6.45, 7) is 5.28. The van der Waals surface area contributed by atoms with Gasteiger partial charge in [-0.2, -0.15) is 0 Å². The van der Waals surface area contributed by atoms with Gasteiger partial charge in [0.05, 0.1) is 29.4 Å². The summed E-state index contributed by atoms with van der Waals surface area (Å²) in [5.41, 5.74) is 1.56. The highest BCUT2D eigenvalue weighted by molar-refractivity contribution is 6.31. The number of aromatic nitrogens is 2. The van der Waals surface area contributed by atoms with Gasteiger partial charge in [-0.25, -0.2) is 14.4 Å². The molecule has 0 radical (unpaired) electrons. The van der Waals surface area contributed by atoms with Crippen molar-refractivity contribution in [2.24, 2.45) is 0 Å². The lowest BCUT2D eigenvalue weighted by Gasteiger charge is -2.29. The largest absolute Gasteiger partial charge is 0.492 e. The first-order chi connectivity index (χ1) is 17.3. The molecule has 0 bridgehead atoms. The molecule has 0 unspecified atom stereocenters. The first-order valence-electron chi connectivity index (χ1n) is 11.4. The van der Waals surface area contributed by atoms with Gasteiger partial charge in [-0.05, 0) is 38.1 Å². The molecule has 36 heavy (non-hydrogen) atoms. The van der Waals surface area contributed by atoms with Gasteiger partial charge in [-0.1, -0.05) is 17.7 Å². The molecule has 0 aliphatic carbocycles. The minimum Gasteiger partial charge on any atom is -0.492 e. The van der Waals surface area contributed by atoms with Crippen molar-refractivity contribution < 1.29 is 23.5 Å². The number of morpholine rings is 1. The zero-order chi connectivity index (χ0) is 25.7. The van der Waals surface area contributed by atoms with Crippen LogP contribution in [0.5, 0.6) is 5.75 Å². The van der Waals surface area contributed by atoms with Gasteiger partial charge >= 0.3 is 5.97 Å². The predicted octanol–water partition coefficient (Wildman–Crippen LogP) is 4.31. The molecule has 0 spiro atoms. The SMILES string of the molecule is CCOc1cc2ncnc(Nc3ccc(F)c(Cl)c3)c2cc1NC(=O)/C=C/CN1CC(=O)O[C@H](C)C1. The fraction of sp³-hybridized carbons (Fsp3) is 0.280. The second-order valence-electron chi connectivity index (χ2n) is 8.16. The van der Waals surface area contributed by atoms with Crippen LogP contribution < -0.4 is 15.4 Å². The lowest BCUT2D eigenvalue weighted by Crippen LogP contribution is -2.44. The van der Waals surface area contributed by atoms with E-state index in [1.165, 1.54) is 24.5 Å². The van der Waals surface area contributed by atoms with Crippen LogP contribution >= 0.6 is 11.6 Å². The van der Waals surface area contributed by atoms with E-state index in [1.807, 2.05) is 18.7 Å². The lowest BCUT2D eigenvalue weighted by atomic mass is 10.1. The average molecular weight is 514 g/mol. The Bertz CT molecular complexity index is 1320. The Morgan fingerprint density at radius 2 is 2.17 bits per heavy atom. The molecule has 1 fully saturated rings. The number of ether oxygens (including phenoxy) is 2. The molecule has 11 heteroatoms. The normalized spacial score (nSPS) is 16.2. The van der Waals surface area contributed by atoms with Gasteiger partial charge in [-0.3, -0.25) is 14.5 Å². The standard InChI is InChI=1S/C25H25ClFN5O4/c1-3-35-22-11-20-17(25(29-14-28-20)30-16-6-7-19(27)18(26)9-16)10-21(22)31-23(33)5-4-8-32-12-15(2)36-24(34)13-32/h4-7,9-11,14-15H,3,8,12-13H2,1-2H3,(H,31,33)(H,28,29,30)/b5-4+/t15-/m1/s1. The van der Waals surface area contributed by atoms with E-state index in [0.717, 1.165) is 0 Å². The van der Waals surface area contributed by atoms with Gasteiger partial charge in [0.25, 0.3) is 0 Å². The second kappa shape index (κ2) is 11.3. The van der Waals surface area contributed by atoms with Crippen LogP contribution in [0, 0.1) is 5.82 Å². The summed E-state index contributed by atoms with van der Waals surface area (Å²) >= 11 is 5.90. The first-order valence-corrected chi connectivity index (χ1v) is 11.7. The van der Waals surface area contributed by atoms with Gasteiger partial charge in [0.1, 0.15) is 29.8 Å². The van der Waals surface area contributed by atoms with E-state index >= 15 is 0 Å². The summed E-state index contributed by atoms with van der Waals surface area (Å²) in [6, 6.07) is 7.67. The molecule has 4 rings (SSSR count). The highest BCUT2D eigenvalue weighted by Crippen LogP contribution is 2.34. The van der Waals surface area contributed by atoms with Crippen molar-refractivity contribution in [1.82, 2.24) is 14.9 Å². The molecule has 2 aromatic carbocycles. The molecule has 1 atom stereocenters. The molecule has 188 valence electrons. The third-order valence-electron chi connectivity index (χ3n) is 5.31. The van der Waals surface area contributed by atoms with Crippen LogP contribution in [0.25, 0.3) is 10.9 Å². The van der Waals surface area contributed by atoms with E-state index in [4.69, 9.17) is 21.1 Å². The number of fused-ring (bicyclic) bond motifs is 1. The highest BCUT2D eigenvalue weighted by atomic mass is 35.5. The number of anilines is 3. The van der Waals surface area contributed by atoms with E-state index in [0.29, 0.717) is 53.5 Å². The number of hydrogen-bond donors (Lipinski definition) is 2. The minimum atomic E-state index is -0.524. The van der Waals surface area contributed by atoms with Crippen molar-refractivity contribution >= 4 is 51.6 Å². The molecular formula is C25H25ClFN5O4. The van der Waals surface area contributed by atoms with Crippen LogP contribution in [0.4, 0.5) is 21.6 Å². The van der Waals surface area contributed by atoms with Gasteiger partial charge in [0, 0.05) is 36.3 Å². The Hall–Kier alpha value is -3.76. The lowest BCUT2D eigenvalue weighted by molar-refractivity contribution is -0.156. The molecule has 9 nitrogen and oxygen atoms in total. The Kier molecular flexibility index (Phi) is 7.97. The van der Waals surface area contributed by atoms with Gasteiger partial charge in [0.15, 0.2) is 0 Å². The third kappa shape index (κ3) is 6.27. The predicted molar refractivity (Wildman–Crippen MR) is 135 cm³/mol.